The van der Waals surface area contributed by atoms with E-state index in [0.717, 1.165) is 24.2 Å². The number of rotatable bonds is 5. The molecule has 0 saturated carbocycles. The van der Waals surface area contributed by atoms with E-state index in [1.807, 2.05) is 18.2 Å². The van der Waals surface area contributed by atoms with Crippen molar-refractivity contribution < 1.29 is 19.2 Å². The van der Waals surface area contributed by atoms with Crippen LogP contribution in [-0.4, -0.2) is 35.1 Å². The van der Waals surface area contributed by atoms with Gasteiger partial charge >= 0.3 is 6.03 Å². The van der Waals surface area contributed by atoms with Crippen molar-refractivity contribution in [2.24, 2.45) is 0 Å². The van der Waals surface area contributed by atoms with Crippen molar-refractivity contribution in [2.75, 3.05) is 11.9 Å². The maximum Gasteiger partial charge on any atom is 0.325 e. The second-order valence-corrected chi connectivity index (χ2v) is 7.93. The summed E-state index contributed by atoms with van der Waals surface area (Å²) in [5.41, 5.74) is 2.69. The Kier molecular flexibility index (Phi) is 4.89. The highest BCUT2D eigenvalue weighted by Gasteiger charge is 2.49. The number of nitrogens with zero attached hydrogens (tertiary/aromatic N) is 1. The molecule has 1 fully saturated rings. The third kappa shape index (κ3) is 3.36. The molecular weight excluding hydrogens is 382 g/mol. The van der Waals surface area contributed by atoms with Gasteiger partial charge in [-0.1, -0.05) is 30.3 Å². The molecule has 0 unspecified atom stereocenters. The summed E-state index contributed by atoms with van der Waals surface area (Å²) in [6.45, 7) is 2.63. The minimum absolute atomic E-state index is 0.190. The first-order valence-corrected chi connectivity index (χ1v) is 9.96. The van der Waals surface area contributed by atoms with E-state index >= 15 is 0 Å². The lowest BCUT2D eigenvalue weighted by Crippen LogP contribution is -2.42. The van der Waals surface area contributed by atoms with Crippen molar-refractivity contribution in [2.45, 2.75) is 38.6 Å². The van der Waals surface area contributed by atoms with Gasteiger partial charge in [-0.3, -0.25) is 19.3 Å². The van der Waals surface area contributed by atoms with E-state index in [1.54, 1.807) is 31.2 Å². The zero-order valence-electron chi connectivity index (χ0n) is 17.0. The Morgan fingerprint density at radius 2 is 1.83 bits per heavy atom. The fraction of sp³-hybridized carbons (Fsp3) is 0.304. The van der Waals surface area contributed by atoms with E-state index in [-0.39, 0.29) is 5.78 Å². The molecule has 0 radical (unpaired) electrons. The Balaban J connectivity index is 1.52. The van der Waals surface area contributed by atoms with Crippen LogP contribution in [0.2, 0.25) is 0 Å². The Morgan fingerprint density at radius 1 is 1.10 bits per heavy atom. The summed E-state index contributed by atoms with van der Waals surface area (Å²) >= 11 is 0. The third-order valence-electron chi connectivity index (χ3n) is 5.83. The standard InChI is InChI=1S/C23H23N3O4/c1-14(27)18-8-3-4-9-19(18)24-20(28)13-26-21(29)23(2,25-22(26)30)17-11-10-15-6-5-7-16(15)12-17/h3-4,8-12H,5-7,13H2,1-2H3,(H,24,28)(H,25,30)/t23-/m1/s1. The predicted octanol–water partition coefficient (Wildman–Crippen LogP) is 2.78. The second-order valence-electron chi connectivity index (χ2n) is 7.93. The van der Waals surface area contributed by atoms with Gasteiger partial charge in [0.2, 0.25) is 5.91 Å². The summed E-state index contributed by atoms with van der Waals surface area (Å²) in [7, 11) is 0. The van der Waals surface area contributed by atoms with Gasteiger partial charge in [0.15, 0.2) is 5.78 Å². The van der Waals surface area contributed by atoms with Gasteiger partial charge in [-0.05, 0) is 61.9 Å². The molecular formula is C23H23N3O4. The zero-order valence-corrected chi connectivity index (χ0v) is 17.0. The van der Waals surface area contributed by atoms with Crippen molar-refractivity contribution in [3.05, 3.63) is 64.7 Å². The van der Waals surface area contributed by atoms with E-state index in [1.165, 1.54) is 18.1 Å². The van der Waals surface area contributed by atoms with Gasteiger partial charge in [0.1, 0.15) is 12.1 Å². The number of hydrogen-bond acceptors (Lipinski definition) is 4. The highest BCUT2D eigenvalue weighted by atomic mass is 16.2. The van der Waals surface area contributed by atoms with Crippen molar-refractivity contribution in [3.8, 4) is 0 Å². The van der Waals surface area contributed by atoms with Crippen LogP contribution in [0.1, 0.15) is 47.3 Å². The smallest absolute Gasteiger partial charge is 0.324 e. The highest BCUT2D eigenvalue weighted by Crippen LogP contribution is 2.32. The summed E-state index contributed by atoms with van der Waals surface area (Å²) < 4.78 is 0. The number of amides is 4. The van der Waals surface area contributed by atoms with E-state index in [9.17, 15) is 19.2 Å². The number of anilines is 1. The molecule has 7 nitrogen and oxygen atoms in total. The summed E-state index contributed by atoms with van der Waals surface area (Å²) in [4.78, 5) is 50.8. The molecule has 7 heteroatoms. The average Bonchev–Trinajstić information content (AvgIpc) is 3.26. The van der Waals surface area contributed by atoms with E-state index in [2.05, 4.69) is 10.6 Å². The number of para-hydroxylation sites is 1. The second kappa shape index (κ2) is 7.40. The number of imide groups is 1. The van der Waals surface area contributed by atoms with Crippen molar-refractivity contribution in [1.29, 1.82) is 0 Å². The Morgan fingerprint density at radius 3 is 2.60 bits per heavy atom. The van der Waals surface area contributed by atoms with Crippen LogP contribution in [0.3, 0.4) is 0 Å². The molecule has 1 aliphatic heterocycles. The number of carbonyl (C=O) groups is 4. The maximum absolute atomic E-state index is 13.1. The molecule has 0 bridgehead atoms. The van der Waals surface area contributed by atoms with Crippen LogP contribution in [0.15, 0.2) is 42.5 Å². The Labute approximate surface area is 174 Å². The van der Waals surface area contributed by atoms with Gasteiger partial charge in [-0.2, -0.15) is 0 Å². The quantitative estimate of drug-likeness (QED) is 0.591. The molecule has 30 heavy (non-hydrogen) atoms. The van der Waals surface area contributed by atoms with Gasteiger partial charge < -0.3 is 10.6 Å². The van der Waals surface area contributed by atoms with Crippen LogP contribution in [0.5, 0.6) is 0 Å². The fourth-order valence-corrected chi connectivity index (χ4v) is 4.15. The molecule has 1 atom stereocenters. The van der Waals surface area contributed by atoms with Crippen LogP contribution in [0, 0.1) is 0 Å². The monoisotopic (exact) mass is 405 g/mol. The van der Waals surface area contributed by atoms with Crippen LogP contribution >= 0.6 is 0 Å². The molecule has 0 aromatic heterocycles. The van der Waals surface area contributed by atoms with Gasteiger partial charge in [0.25, 0.3) is 5.91 Å². The number of aryl methyl sites for hydroxylation is 2. The molecule has 2 aromatic rings. The lowest BCUT2D eigenvalue weighted by molar-refractivity contribution is -0.133. The average molecular weight is 405 g/mol. The van der Waals surface area contributed by atoms with Gasteiger partial charge in [-0.15, -0.1) is 0 Å². The molecule has 4 amide bonds. The lowest BCUT2D eigenvalue weighted by atomic mass is 9.89. The van der Waals surface area contributed by atoms with Gasteiger partial charge in [-0.25, -0.2) is 4.79 Å². The number of hydrogen-bond donors (Lipinski definition) is 2. The zero-order chi connectivity index (χ0) is 21.5. The fourth-order valence-electron chi connectivity index (χ4n) is 4.15. The third-order valence-corrected chi connectivity index (χ3v) is 5.83. The maximum atomic E-state index is 13.1. The number of Topliss-reactive ketones (excluding diaryl/α,β-unsaturated/α-hetero) is 1. The first-order valence-electron chi connectivity index (χ1n) is 9.96. The van der Waals surface area contributed by atoms with Crippen LogP contribution in [-0.2, 0) is 28.0 Å². The number of fused-ring (bicyclic) bond motifs is 1. The molecule has 1 heterocycles. The minimum Gasteiger partial charge on any atom is -0.324 e. The topological polar surface area (TPSA) is 95.6 Å². The van der Waals surface area contributed by atoms with Gasteiger partial charge in [0, 0.05) is 5.56 Å². The number of urea groups is 1. The molecule has 2 aromatic carbocycles. The van der Waals surface area contributed by atoms with E-state index in [4.69, 9.17) is 0 Å². The number of ketones is 1. The summed E-state index contributed by atoms with van der Waals surface area (Å²) in [6, 6.07) is 11.9. The normalized spacial score (nSPS) is 20.1. The number of benzene rings is 2. The molecule has 4 rings (SSSR count). The van der Waals surface area contributed by atoms with Crippen LogP contribution in [0.4, 0.5) is 10.5 Å². The predicted molar refractivity (Wildman–Crippen MR) is 111 cm³/mol. The first kappa shape index (κ1) is 19.8. The highest BCUT2D eigenvalue weighted by molar-refractivity contribution is 6.11. The molecule has 0 spiro atoms. The van der Waals surface area contributed by atoms with Crippen molar-refractivity contribution in [1.82, 2.24) is 10.2 Å². The van der Waals surface area contributed by atoms with Crippen molar-refractivity contribution in [3.63, 3.8) is 0 Å². The summed E-state index contributed by atoms with van der Waals surface area (Å²) in [5, 5.41) is 5.37. The lowest BCUT2D eigenvalue weighted by Gasteiger charge is -2.23. The first-order chi connectivity index (χ1) is 14.3. The Hall–Kier alpha value is -3.48. The molecule has 154 valence electrons. The largest absolute Gasteiger partial charge is 0.325 e. The molecule has 2 N–H and O–H groups in total. The van der Waals surface area contributed by atoms with Gasteiger partial charge in [0.05, 0.1) is 5.69 Å². The Bertz CT molecular complexity index is 1080. The number of carbonyl (C=O) groups excluding carboxylic acids is 4. The summed E-state index contributed by atoms with van der Waals surface area (Å²) in [5.74, 6) is -1.21. The van der Waals surface area contributed by atoms with Crippen LogP contribution in [0.25, 0.3) is 0 Å². The van der Waals surface area contributed by atoms with Crippen LogP contribution < -0.4 is 10.6 Å². The van der Waals surface area contributed by atoms with Crippen molar-refractivity contribution >= 4 is 29.3 Å². The van der Waals surface area contributed by atoms with E-state index < -0.39 is 29.9 Å². The number of nitrogens with one attached hydrogen (secondary N) is 2. The summed E-state index contributed by atoms with van der Waals surface area (Å²) in [6.07, 6.45) is 3.08. The molecule has 1 aliphatic carbocycles. The minimum atomic E-state index is -1.22. The van der Waals surface area contributed by atoms with E-state index in [0.29, 0.717) is 16.8 Å². The molecule has 1 saturated heterocycles. The SMILES string of the molecule is CC(=O)c1ccccc1NC(=O)CN1C(=O)N[C@](C)(c2ccc3c(c2)CCC3)C1=O. The molecule has 2 aliphatic rings.